The molecule has 0 aromatic heterocycles. The molecular weight excluding hydrogens is 400 g/mol. The number of nitrogens with zero attached hydrogens (tertiary/aromatic N) is 2. The number of carboxylic acids is 2. The monoisotopic (exact) mass is 434 g/mol. The fourth-order valence-electron chi connectivity index (χ4n) is 5.26. The lowest BCUT2D eigenvalue weighted by atomic mass is 9.93. The van der Waals surface area contributed by atoms with Gasteiger partial charge in [-0.05, 0) is 55.7 Å². The van der Waals surface area contributed by atoms with Crippen molar-refractivity contribution in [2.24, 2.45) is 11.8 Å². The summed E-state index contributed by atoms with van der Waals surface area (Å²) in [6.07, 6.45) is 5.97. The van der Waals surface area contributed by atoms with Crippen LogP contribution in [0.3, 0.4) is 0 Å². The quantitative estimate of drug-likeness (QED) is 0.659. The zero-order chi connectivity index (χ0) is 22.4. The summed E-state index contributed by atoms with van der Waals surface area (Å²) < 4.78 is 11.1. The van der Waals surface area contributed by atoms with Crippen molar-refractivity contribution in [3.63, 3.8) is 0 Å². The van der Waals surface area contributed by atoms with E-state index in [1.165, 1.54) is 57.4 Å². The number of piperazine rings is 1. The minimum atomic E-state index is -1.82. The number of carbonyl (C=O) groups is 2. The number of methoxy groups -OCH3 is 1. The van der Waals surface area contributed by atoms with E-state index in [-0.39, 0.29) is 0 Å². The zero-order valence-electron chi connectivity index (χ0n) is 18.5. The molecule has 0 spiro atoms. The van der Waals surface area contributed by atoms with E-state index in [4.69, 9.17) is 29.3 Å². The maximum atomic E-state index is 9.10. The van der Waals surface area contributed by atoms with Crippen LogP contribution in [0, 0.1) is 11.8 Å². The molecule has 8 heteroatoms. The van der Waals surface area contributed by atoms with E-state index in [2.05, 4.69) is 21.9 Å². The number of benzene rings is 1. The molecule has 1 heterocycles. The van der Waals surface area contributed by atoms with Crippen LogP contribution in [0.1, 0.15) is 38.2 Å². The van der Waals surface area contributed by atoms with Gasteiger partial charge in [-0.25, -0.2) is 9.59 Å². The smallest absolute Gasteiger partial charge is 0.414 e. The Morgan fingerprint density at radius 3 is 2.26 bits per heavy atom. The highest BCUT2D eigenvalue weighted by Gasteiger charge is 2.42. The van der Waals surface area contributed by atoms with Crippen molar-refractivity contribution in [1.82, 2.24) is 9.80 Å². The SMILES string of the molecule is CCOc1cc(CN2CCN(C3CC4CCC3C4)CC2)ccc1OC.O=C(O)C(=O)O. The minimum absolute atomic E-state index is 0.669. The molecule has 1 aromatic carbocycles. The number of hydrogen-bond acceptors (Lipinski definition) is 6. The Balaban J connectivity index is 0.000000401. The molecule has 3 unspecified atom stereocenters. The van der Waals surface area contributed by atoms with Crippen molar-refractivity contribution in [2.75, 3.05) is 39.9 Å². The Hall–Kier alpha value is -2.32. The number of fused-ring (bicyclic) bond motifs is 2. The van der Waals surface area contributed by atoms with Crippen LogP contribution in [0.4, 0.5) is 0 Å². The molecule has 3 fully saturated rings. The summed E-state index contributed by atoms with van der Waals surface area (Å²) in [5.41, 5.74) is 1.32. The third-order valence-electron chi connectivity index (χ3n) is 6.69. The summed E-state index contributed by atoms with van der Waals surface area (Å²) in [6, 6.07) is 7.24. The Kier molecular flexibility index (Phi) is 8.15. The summed E-state index contributed by atoms with van der Waals surface area (Å²) in [5, 5.41) is 14.8. The highest BCUT2D eigenvalue weighted by atomic mass is 16.5. The molecule has 3 atom stereocenters. The van der Waals surface area contributed by atoms with Gasteiger partial charge in [0.25, 0.3) is 0 Å². The maximum absolute atomic E-state index is 9.10. The molecule has 2 saturated carbocycles. The normalized spacial score (nSPS) is 25.5. The van der Waals surface area contributed by atoms with E-state index in [0.29, 0.717) is 6.61 Å². The van der Waals surface area contributed by atoms with Crippen molar-refractivity contribution in [2.45, 2.75) is 45.2 Å². The van der Waals surface area contributed by atoms with Crippen LogP contribution in [0.2, 0.25) is 0 Å². The van der Waals surface area contributed by atoms with Crippen LogP contribution in [-0.4, -0.2) is 77.9 Å². The van der Waals surface area contributed by atoms with Crippen LogP contribution in [0.5, 0.6) is 11.5 Å². The number of hydrogen-bond donors (Lipinski definition) is 2. The summed E-state index contributed by atoms with van der Waals surface area (Å²) in [4.78, 5) is 23.6. The van der Waals surface area contributed by atoms with Gasteiger partial charge < -0.3 is 19.7 Å². The summed E-state index contributed by atoms with van der Waals surface area (Å²) >= 11 is 0. The maximum Gasteiger partial charge on any atom is 0.414 e. The van der Waals surface area contributed by atoms with Crippen LogP contribution in [0.25, 0.3) is 0 Å². The van der Waals surface area contributed by atoms with Gasteiger partial charge in [0, 0.05) is 38.8 Å². The van der Waals surface area contributed by atoms with E-state index in [1.807, 2.05) is 13.0 Å². The van der Waals surface area contributed by atoms with E-state index in [0.717, 1.165) is 35.9 Å². The van der Waals surface area contributed by atoms with Crippen molar-refractivity contribution >= 4 is 11.9 Å². The second-order valence-electron chi connectivity index (χ2n) is 8.58. The van der Waals surface area contributed by atoms with Gasteiger partial charge in [-0.2, -0.15) is 0 Å². The summed E-state index contributed by atoms with van der Waals surface area (Å²) in [5.74, 6) is 0.0935. The molecule has 1 aliphatic heterocycles. The first-order valence-electron chi connectivity index (χ1n) is 11.1. The van der Waals surface area contributed by atoms with Gasteiger partial charge in [0.15, 0.2) is 11.5 Å². The van der Waals surface area contributed by atoms with Crippen LogP contribution in [-0.2, 0) is 16.1 Å². The molecular formula is C23H34N2O6. The average molecular weight is 435 g/mol. The fraction of sp³-hybridized carbons (Fsp3) is 0.652. The van der Waals surface area contributed by atoms with Gasteiger partial charge in [0.2, 0.25) is 0 Å². The molecule has 2 bridgehead atoms. The number of ether oxygens (including phenoxy) is 2. The minimum Gasteiger partial charge on any atom is -0.493 e. The van der Waals surface area contributed by atoms with Gasteiger partial charge in [-0.15, -0.1) is 0 Å². The molecule has 3 aliphatic rings. The van der Waals surface area contributed by atoms with Crippen molar-refractivity contribution in [3.05, 3.63) is 23.8 Å². The highest BCUT2D eigenvalue weighted by Crippen LogP contribution is 2.46. The number of aliphatic carboxylic acids is 2. The van der Waals surface area contributed by atoms with E-state index in [9.17, 15) is 0 Å². The van der Waals surface area contributed by atoms with Gasteiger partial charge in [-0.3, -0.25) is 9.80 Å². The highest BCUT2D eigenvalue weighted by molar-refractivity contribution is 6.27. The second kappa shape index (κ2) is 10.8. The Morgan fingerprint density at radius 2 is 1.74 bits per heavy atom. The molecule has 2 aliphatic carbocycles. The molecule has 4 rings (SSSR count). The Bertz CT molecular complexity index is 750. The van der Waals surface area contributed by atoms with Crippen LogP contribution < -0.4 is 9.47 Å². The largest absolute Gasteiger partial charge is 0.493 e. The summed E-state index contributed by atoms with van der Waals surface area (Å²) in [7, 11) is 1.70. The molecule has 2 N–H and O–H groups in total. The van der Waals surface area contributed by atoms with Gasteiger partial charge >= 0.3 is 11.9 Å². The first-order valence-corrected chi connectivity index (χ1v) is 11.1. The summed E-state index contributed by atoms with van der Waals surface area (Å²) in [6.45, 7) is 8.54. The third-order valence-corrected chi connectivity index (χ3v) is 6.69. The number of carboxylic acid groups (broad SMARTS) is 2. The molecule has 31 heavy (non-hydrogen) atoms. The van der Waals surface area contributed by atoms with E-state index < -0.39 is 11.9 Å². The van der Waals surface area contributed by atoms with Crippen molar-refractivity contribution in [3.8, 4) is 11.5 Å². The predicted molar refractivity (Wildman–Crippen MR) is 116 cm³/mol. The van der Waals surface area contributed by atoms with Crippen molar-refractivity contribution in [1.29, 1.82) is 0 Å². The van der Waals surface area contributed by atoms with Crippen molar-refractivity contribution < 1.29 is 29.3 Å². The first kappa shape index (κ1) is 23.3. The zero-order valence-corrected chi connectivity index (χ0v) is 18.5. The van der Waals surface area contributed by atoms with E-state index >= 15 is 0 Å². The number of rotatable bonds is 6. The predicted octanol–water partition coefficient (Wildman–Crippen LogP) is 2.56. The first-order chi connectivity index (χ1) is 14.9. The third kappa shape index (κ3) is 6.11. The average Bonchev–Trinajstić information content (AvgIpc) is 3.39. The lowest BCUT2D eigenvalue weighted by molar-refractivity contribution is -0.159. The standard InChI is InChI=1S/C21H32N2O2.C2H2O4/c1-3-25-21-14-17(5-7-20(21)24-2)15-22-8-10-23(11-9-22)19-13-16-4-6-18(19)12-16;3-1(4)2(5)6/h5,7,14,16,18-19H,3-4,6,8-13,15H2,1-2H3;(H,3,4)(H,5,6). The lowest BCUT2D eigenvalue weighted by Crippen LogP contribution is -2.51. The lowest BCUT2D eigenvalue weighted by Gasteiger charge is -2.41. The Morgan fingerprint density at radius 1 is 1.03 bits per heavy atom. The molecule has 172 valence electrons. The molecule has 0 amide bonds. The Labute approximate surface area is 183 Å². The molecule has 1 aromatic rings. The van der Waals surface area contributed by atoms with Gasteiger partial charge in [0.05, 0.1) is 13.7 Å². The fourth-order valence-corrected chi connectivity index (χ4v) is 5.26. The molecule has 1 saturated heterocycles. The molecule has 0 radical (unpaired) electrons. The molecule has 8 nitrogen and oxygen atoms in total. The van der Waals surface area contributed by atoms with Crippen LogP contribution in [0.15, 0.2) is 18.2 Å². The topological polar surface area (TPSA) is 99.5 Å². The van der Waals surface area contributed by atoms with E-state index in [1.54, 1.807) is 7.11 Å². The second-order valence-corrected chi connectivity index (χ2v) is 8.58. The van der Waals surface area contributed by atoms with Crippen LogP contribution >= 0.6 is 0 Å². The van der Waals surface area contributed by atoms with Gasteiger partial charge in [-0.1, -0.05) is 12.5 Å². The van der Waals surface area contributed by atoms with Gasteiger partial charge in [0.1, 0.15) is 0 Å².